The Bertz CT molecular complexity index is 860. The number of aromatic carboxylic acids is 2. The summed E-state index contributed by atoms with van der Waals surface area (Å²) in [6, 6.07) is 8.68. The van der Waals surface area contributed by atoms with Crippen molar-refractivity contribution in [2.45, 2.75) is 13.8 Å². The van der Waals surface area contributed by atoms with E-state index in [4.69, 9.17) is 0 Å². The lowest BCUT2D eigenvalue weighted by atomic mass is 10.0. The van der Waals surface area contributed by atoms with Crippen LogP contribution in [0.5, 0.6) is 0 Å². The SMILES string of the molecule is Cc1ccc(C(=O)O)c(C(=O)NCNC(=O)c2cc(C)ccc2C(=O)O)c1. The molecule has 0 fully saturated rings. The van der Waals surface area contributed by atoms with Crippen LogP contribution in [0.3, 0.4) is 0 Å². The first-order valence-corrected chi connectivity index (χ1v) is 7.95. The molecule has 8 heteroatoms. The Hall–Kier alpha value is -3.68. The second-order valence-corrected chi connectivity index (χ2v) is 5.90. The lowest BCUT2D eigenvalue weighted by molar-refractivity contribution is 0.0683. The van der Waals surface area contributed by atoms with Crippen LogP contribution in [0.4, 0.5) is 0 Å². The molecular weight excluding hydrogens is 352 g/mol. The summed E-state index contributed by atoms with van der Waals surface area (Å²) in [4.78, 5) is 47.0. The number of carboxylic acids is 2. The van der Waals surface area contributed by atoms with Crippen molar-refractivity contribution in [1.29, 1.82) is 0 Å². The Morgan fingerprint density at radius 2 is 1.07 bits per heavy atom. The summed E-state index contributed by atoms with van der Waals surface area (Å²) in [7, 11) is 0. The number of carboxylic acid groups (broad SMARTS) is 2. The lowest BCUT2D eigenvalue weighted by Crippen LogP contribution is -2.38. The Balaban J connectivity index is 2.09. The van der Waals surface area contributed by atoms with Crippen molar-refractivity contribution < 1.29 is 29.4 Å². The van der Waals surface area contributed by atoms with Crippen molar-refractivity contribution in [3.8, 4) is 0 Å². The molecule has 0 aliphatic heterocycles. The quantitative estimate of drug-likeness (QED) is 0.573. The third-order valence-electron chi connectivity index (χ3n) is 3.80. The molecule has 140 valence electrons. The van der Waals surface area contributed by atoms with Gasteiger partial charge in [0.2, 0.25) is 0 Å². The van der Waals surface area contributed by atoms with Crippen LogP contribution in [0.1, 0.15) is 52.6 Å². The van der Waals surface area contributed by atoms with Gasteiger partial charge in [0, 0.05) is 0 Å². The standard InChI is InChI=1S/C19H18N2O6/c1-10-3-5-12(18(24)25)14(7-10)16(22)20-9-21-17(23)15-8-11(2)4-6-13(15)19(26)27/h3-8H,9H2,1-2H3,(H,20,22)(H,21,23)(H,24,25)(H,26,27). The molecule has 0 unspecified atom stereocenters. The average molecular weight is 370 g/mol. The van der Waals surface area contributed by atoms with E-state index in [1.807, 2.05) is 0 Å². The number of hydrogen-bond acceptors (Lipinski definition) is 4. The average Bonchev–Trinajstić information content (AvgIpc) is 2.60. The highest BCUT2D eigenvalue weighted by Crippen LogP contribution is 2.13. The molecular formula is C19H18N2O6. The summed E-state index contributed by atoms with van der Waals surface area (Å²) in [5.41, 5.74) is 1.05. The molecule has 0 aromatic heterocycles. The molecule has 0 heterocycles. The Morgan fingerprint density at radius 1 is 0.704 bits per heavy atom. The van der Waals surface area contributed by atoms with E-state index in [0.29, 0.717) is 11.1 Å². The lowest BCUT2D eigenvalue weighted by Gasteiger charge is -2.11. The van der Waals surface area contributed by atoms with E-state index < -0.39 is 23.8 Å². The van der Waals surface area contributed by atoms with Crippen LogP contribution < -0.4 is 10.6 Å². The molecule has 2 aromatic carbocycles. The molecule has 0 saturated carbocycles. The second kappa shape index (κ2) is 8.13. The van der Waals surface area contributed by atoms with E-state index >= 15 is 0 Å². The highest BCUT2D eigenvalue weighted by Gasteiger charge is 2.18. The summed E-state index contributed by atoms with van der Waals surface area (Å²) in [5, 5.41) is 23.1. The van der Waals surface area contributed by atoms with Gasteiger partial charge in [0.05, 0.1) is 28.9 Å². The van der Waals surface area contributed by atoms with Crippen molar-refractivity contribution in [3.05, 3.63) is 69.8 Å². The summed E-state index contributed by atoms with van der Waals surface area (Å²) in [6.07, 6.45) is 0. The second-order valence-electron chi connectivity index (χ2n) is 5.90. The van der Waals surface area contributed by atoms with Gasteiger partial charge in [-0.2, -0.15) is 0 Å². The molecule has 0 atom stereocenters. The fourth-order valence-corrected chi connectivity index (χ4v) is 2.46. The van der Waals surface area contributed by atoms with E-state index in [1.54, 1.807) is 26.0 Å². The molecule has 0 aliphatic rings. The molecule has 0 radical (unpaired) electrons. The highest BCUT2D eigenvalue weighted by molar-refractivity contribution is 6.06. The highest BCUT2D eigenvalue weighted by atomic mass is 16.4. The maximum Gasteiger partial charge on any atom is 0.336 e. The van der Waals surface area contributed by atoms with Gasteiger partial charge < -0.3 is 20.8 Å². The number of aryl methyl sites for hydroxylation is 2. The summed E-state index contributed by atoms with van der Waals surface area (Å²) in [6.45, 7) is 3.14. The molecule has 0 aliphatic carbocycles. The van der Waals surface area contributed by atoms with Gasteiger partial charge in [0.15, 0.2) is 0 Å². The number of hydrogen-bond donors (Lipinski definition) is 4. The van der Waals surface area contributed by atoms with Crippen molar-refractivity contribution in [2.24, 2.45) is 0 Å². The van der Waals surface area contributed by atoms with Crippen LogP contribution in [0, 0.1) is 13.8 Å². The van der Waals surface area contributed by atoms with Gasteiger partial charge in [-0.05, 0) is 38.1 Å². The third-order valence-corrected chi connectivity index (χ3v) is 3.80. The fourth-order valence-electron chi connectivity index (χ4n) is 2.46. The number of benzene rings is 2. The van der Waals surface area contributed by atoms with Crippen LogP contribution in [0.2, 0.25) is 0 Å². The first-order chi connectivity index (χ1) is 12.7. The van der Waals surface area contributed by atoms with Gasteiger partial charge in [-0.15, -0.1) is 0 Å². The maximum absolute atomic E-state index is 12.2. The number of nitrogens with one attached hydrogen (secondary N) is 2. The number of amides is 2. The monoisotopic (exact) mass is 370 g/mol. The summed E-state index contributed by atoms with van der Waals surface area (Å²) < 4.78 is 0. The van der Waals surface area contributed by atoms with Crippen LogP contribution in [-0.2, 0) is 0 Å². The minimum atomic E-state index is -1.24. The summed E-state index contributed by atoms with van der Waals surface area (Å²) >= 11 is 0. The van der Waals surface area contributed by atoms with Crippen LogP contribution in [0.25, 0.3) is 0 Å². The largest absolute Gasteiger partial charge is 0.478 e. The van der Waals surface area contributed by atoms with E-state index in [-0.39, 0.29) is 28.9 Å². The van der Waals surface area contributed by atoms with E-state index in [0.717, 1.165) is 0 Å². The normalized spacial score (nSPS) is 10.1. The number of carbonyl (C=O) groups is 4. The predicted molar refractivity (Wildman–Crippen MR) is 96.1 cm³/mol. The molecule has 2 amide bonds. The minimum Gasteiger partial charge on any atom is -0.478 e. The maximum atomic E-state index is 12.2. The molecule has 2 aromatic rings. The number of carbonyl (C=O) groups excluding carboxylic acids is 2. The predicted octanol–water partition coefficient (Wildman–Crippen LogP) is 1.82. The van der Waals surface area contributed by atoms with Crippen LogP contribution >= 0.6 is 0 Å². The molecule has 4 N–H and O–H groups in total. The summed E-state index contributed by atoms with van der Waals surface area (Å²) in [5.74, 6) is -3.82. The fraction of sp³-hybridized carbons (Fsp3) is 0.158. The molecule has 0 bridgehead atoms. The number of rotatable bonds is 6. The molecule has 2 rings (SSSR count). The van der Waals surface area contributed by atoms with Crippen LogP contribution in [-0.4, -0.2) is 40.6 Å². The Labute approximate surface area is 154 Å². The Morgan fingerprint density at radius 3 is 1.41 bits per heavy atom. The van der Waals surface area contributed by atoms with Gasteiger partial charge in [0.1, 0.15) is 0 Å². The topological polar surface area (TPSA) is 133 Å². The van der Waals surface area contributed by atoms with E-state index in [9.17, 15) is 29.4 Å². The van der Waals surface area contributed by atoms with Gasteiger partial charge in [-0.1, -0.05) is 23.3 Å². The van der Waals surface area contributed by atoms with Crippen molar-refractivity contribution in [2.75, 3.05) is 6.67 Å². The van der Waals surface area contributed by atoms with Gasteiger partial charge in [-0.3, -0.25) is 9.59 Å². The van der Waals surface area contributed by atoms with Gasteiger partial charge in [0.25, 0.3) is 11.8 Å². The van der Waals surface area contributed by atoms with Crippen molar-refractivity contribution in [1.82, 2.24) is 10.6 Å². The Kier molecular flexibility index (Phi) is 5.92. The smallest absolute Gasteiger partial charge is 0.336 e. The van der Waals surface area contributed by atoms with E-state index in [2.05, 4.69) is 10.6 Å². The molecule has 0 saturated heterocycles. The molecule has 0 spiro atoms. The third kappa shape index (κ3) is 4.69. The zero-order chi connectivity index (χ0) is 20.1. The zero-order valence-corrected chi connectivity index (χ0v) is 14.7. The first-order valence-electron chi connectivity index (χ1n) is 7.95. The van der Waals surface area contributed by atoms with Gasteiger partial charge >= 0.3 is 11.9 Å². The molecule has 27 heavy (non-hydrogen) atoms. The zero-order valence-electron chi connectivity index (χ0n) is 14.7. The van der Waals surface area contributed by atoms with Crippen molar-refractivity contribution >= 4 is 23.8 Å². The van der Waals surface area contributed by atoms with Crippen LogP contribution in [0.15, 0.2) is 36.4 Å². The van der Waals surface area contributed by atoms with Crippen molar-refractivity contribution in [3.63, 3.8) is 0 Å². The first kappa shape index (κ1) is 19.6. The van der Waals surface area contributed by atoms with E-state index in [1.165, 1.54) is 24.3 Å². The molecule has 8 nitrogen and oxygen atoms in total. The van der Waals surface area contributed by atoms with Gasteiger partial charge in [-0.25, -0.2) is 9.59 Å². The minimum absolute atomic E-state index is 0.0291.